The highest BCUT2D eigenvalue weighted by Crippen LogP contribution is 2.39. The number of aromatic nitrogens is 3. The van der Waals surface area contributed by atoms with Gasteiger partial charge in [-0.2, -0.15) is 0 Å². The second kappa shape index (κ2) is 2.54. The van der Waals surface area contributed by atoms with Crippen molar-refractivity contribution >= 4 is 21.7 Å². The fourth-order valence-corrected chi connectivity index (χ4v) is 1.78. The van der Waals surface area contributed by atoms with Gasteiger partial charge in [-0.1, -0.05) is 0 Å². The van der Waals surface area contributed by atoms with Crippen molar-refractivity contribution in [3.63, 3.8) is 0 Å². The first kappa shape index (κ1) is 7.50. The monoisotopic (exact) mass is 237 g/mol. The predicted octanol–water partition coefficient (Wildman–Crippen LogP) is 2.37. The third kappa shape index (κ3) is 1.25. The SMILES string of the molecule is Brc1cnc2nc(C3CC3)cn2c1. The van der Waals surface area contributed by atoms with E-state index < -0.39 is 0 Å². The normalized spacial score (nSPS) is 16.7. The number of fused-ring (bicyclic) bond motifs is 1. The summed E-state index contributed by atoms with van der Waals surface area (Å²) in [6, 6.07) is 0. The highest BCUT2D eigenvalue weighted by Gasteiger charge is 2.26. The topological polar surface area (TPSA) is 30.2 Å². The predicted molar refractivity (Wildman–Crippen MR) is 52.7 cm³/mol. The summed E-state index contributed by atoms with van der Waals surface area (Å²) in [6.45, 7) is 0. The maximum absolute atomic E-state index is 4.45. The molecule has 1 fully saturated rings. The average Bonchev–Trinajstić information content (AvgIpc) is 2.87. The summed E-state index contributed by atoms with van der Waals surface area (Å²) in [5.74, 6) is 1.49. The summed E-state index contributed by atoms with van der Waals surface area (Å²) in [4.78, 5) is 8.66. The van der Waals surface area contributed by atoms with Crippen LogP contribution in [0.25, 0.3) is 5.78 Å². The lowest BCUT2D eigenvalue weighted by atomic mass is 10.3. The van der Waals surface area contributed by atoms with E-state index in [2.05, 4.69) is 32.1 Å². The molecular formula is C9H8BrN3. The molecule has 0 saturated heterocycles. The van der Waals surface area contributed by atoms with E-state index in [1.807, 2.05) is 10.6 Å². The minimum atomic E-state index is 0.695. The van der Waals surface area contributed by atoms with Crippen LogP contribution in [-0.4, -0.2) is 14.4 Å². The van der Waals surface area contributed by atoms with Crippen molar-refractivity contribution in [3.8, 4) is 0 Å². The molecule has 0 aliphatic heterocycles. The van der Waals surface area contributed by atoms with Crippen LogP contribution in [0.2, 0.25) is 0 Å². The Kier molecular flexibility index (Phi) is 1.47. The van der Waals surface area contributed by atoms with Gasteiger partial charge in [0.2, 0.25) is 5.78 Å². The summed E-state index contributed by atoms with van der Waals surface area (Å²) < 4.78 is 2.96. The van der Waals surface area contributed by atoms with Crippen LogP contribution in [0.15, 0.2) is 23.1 Å². The van der Waals surface area contributed by atoms with Gasteiger partial charge in [-0.3, -0.25) is 4.40 Å². The van der Waals surface area contributed by atoms with E-state index >= 15 is 0 Å². The molecule has 0 aromatic carbocycles. The lowest BCUT2D eigenvalue weighted by Crippen LogP contribution is -1.85. The van der Waals surface area contributed by atoms with Crippen LogP contribution in [0.4, 0.5) is 0 Å². The van der Waals surface area contributed by atoms with E-state index in [-0.39, 0.29) is 0 Å². The van der Waals surface area contributed by atoms with Crippen LogP contribution in [0, 0.1) is 0 Å². The lowest BCUT2D eigenvalue weighted by molar-refractivity contribution is 1.05. The van der Waals surface area contributed by atoms with Crippen molar-refractivity contribution in [2.45, 2.75) is 18.8 Å². The number of hydrogen-bond donors (Lipinski definition) is 0. The van der Waals surface area contributed by atoms with Gasteiger partial charge in [0.15, 0.2) is 0 Å². The van der Waals surface area contributed by atoms with Gasteiger partial charge in [-0.15, -0.1) is 0 Å². The maximum atomic E-state index is 4.45. The van der Waals surface area contributed by atoms with Crippen molar-refractivity contribution in [2.75, 3.05) is 0 Å². The van der Waals surface area contributed by atoms with E-state index in [0.717, 1.165) is 10.3 Å². The van der Waals surface area contributed by atoms with Crippen LogP contribution in [-0.2, 0) is 0 Å². The van der Waals surface area contributed by atoms with Gasteiger partial charge < -0.3 is 0 Å². The standard InChI is InChI=1S/C9H8BrN3/c10-7-3-11-9-12-8(6-1-2-6)5-13(9)4-7/h3-6H,1-2H2. The Balaban J connectivity index is 2.20. The second-order valence-corrected chi connectivity index (χ2v) is 4.34. The molecule has 2 heterocycles. The molecule has 0 amide bonds. The second-order valence-electron chi connectivity index (χ2n) is 3.42. The van der Waals surface area contributed by atoms with Gasteiger partial charge in [-0.05, 0) is 28.8 Å². The molecule has 66 valence electrons. The van der Waals surface area contributed by atoms with Gasteiger partial charge in [0, 0.05) is 24.5 Å². The van der Waals surface area contributed by atoms with Crippen LogP contribution >= 0.6 is 15.9 Å². The summed E-state index contributed by atoms with van der Waals surface area (Å²) in [7, 11) is 0. The number of rotatable bonds is 1. The fourth-order valence-electron chi connectivity index (χ4n) is 1.45. The molecule has 13 heavy (non-hydrogen) atoms. The summed E-state index contributed by atoms with van der Waals surface area (Å²) in [5.41, 5.74) is 1.19. The summed E-state index contributed by atoms with van der Waals surface area (Å²) in [6.07, 6.45) is 8.40. The van der Waals surface area contributed by atoms with Crippen molar-refractivity contribution in [1.29, 1.82) is 0 Å². The number of halogens is 1. The molecule has 0 atom stereocenters. The Morgan fingerprint density at radius 1 is 1.38 bits per heavy atom. The van der Waals surface area contributed by atoms with E-state index in [1.165, 1.54) is 18.5 Å². The Morgan fingerprint density at radius 3 is 3.00 bits per heavy atom. The van der Waals surface area contributed by atoms with Crippen LogP contribution in [0.3, 0.4) is 0 Å². The van der Waals surface area contributed by atoms with Gasteiger partial charge in [0.1, 0.15) is 0 Å². The molecule has 0 spiro atoms. The molecule has 1 aliphatic rings. The third-order valence-corrected chi connectivity index (χ3v) is 2.70. The Morgan fingerprint density at radius 2 is 2.23 bits per heavy atom. The first-order chi connectivity index (χ1) is 6.33. The molecular weight excluding hydrogens is 230 g/mol. The molecule has 2 aromatic rings. The van der Waals surface area contributed by atoms with Gasteiger partial charge in [0.25, 0.3) is 0 Å². The minimum absolute atomic E-state index is 0.695. The first-order valence-electron chi connectivity index (χ1n) is 4.33. The Hall–Kier alpha value is -0.900. The van der Waals surface area contributed by atoms with E-state index in [9.17, 15) is 0 Å². The molecule has 1 saturated carbocycles. The molecule has 2 aromatic heterocycles. The zero-order valence-corrected chi connectivity index (χ0v) is 8.53. The maximum Gasteiger partial charge on any atom is 0.233 e. The van der Waals surface area contributed by atoms with E-state index in [0.29, 0.717) is 5.92 Å². The molecule has 0 unspecified atom stereocenters. The minimum Gasteiger partial charge on any atom is -0.290 e. The van der Waals surface area contributed by atoms with Crippen molar-refractivity contribution in [1.82, 2.24) is 14.4 Å². The van der Waals surface area contributed by atoms with Crippen LogP contribution in [0.5, 0.6) is 0 Å². The molecule has 3 nitrogen and oxygen atoms in total. The highest BCUT2D eigenvalue weighted by molar-refractivity contribution is 9.10. The lowest BCUT2D eigenvalue weighted by Gasteiger charge is -1.90. The van der Waals surface area contributed by atoms with Crippen LogP contribution < -0.4 is 0 Å². The Labute approximate surface area is 83.9 Å². The molecule has 0 N–H and O–H groups in total. The van der Waals surface area contributed by atoms with Crippen molar-refractivity contribution in [3.05, 3.63) is 28.8 Å². The number of hydrogen-bond acceptors (Lipinski definition) is 2. The quantitative estimate of drug-likeness (QED) is 0.763. The zero-order chi connectivity index (χ0) is 8.84. The van der Waals surface area contributed by atoms with Gasteiger partial charge in [0.05, 0.1) is 10.2 Å². The van der Waals surface area contributed by atoms with E-state index in [1.54, 1.807) is 6.20 Å². The smallest absolute Gasteiger partial charge is 0.233 e. The molecule has 4 heteroatoms. The van der Waals surface area contributed by atoms with E-state index in [4.69, 9.17) is 0 Å². The Bertz CT molecular complexity index is 459. The number of imidazole rings is 1. The molecule has 1 aliphatic carbocycles. The molecule has 3 rings (SSSR count). The van der Waals surface area contributed by atoms with Gasteiger partial charge >= 0.3 is 0 Å². The third-order valence-electron chi connectivity index (χ3n) is 2.29. The summed E-state index contributed by atoms with van der Waals surface area (Å²) >= 11 is 3.38. The fraction of sp³-hybridized carbons (Fsp3) is 0.333. The number of nitrogens with zero attached hydrogens (tertiary/aromatic N) is 3. The molecule has 0 radical (unpaired) electrons. The van der Waals surface area contributed by atoms with Gasteiger partial charge in [-0.25, -0.2) is 9.97 Å². The summed E-state index contributed by atoms with van der Waals surface area (Å²) in [5, 5.41) is 0. The molecule has 0 bridgehead atoms. The van der Waals surface area contributed by atoms with Crippen LogP contribution in [0.1, 0.15) is 24.5 Å². The first-order valence-corrected chi connectivity index (χ1v) is 5.12. The van der Waals surface area contributed by atoms with Crippen molar-refractivity contribution < 1.29 is 0 Å². The average molecular weight is 238 g/mol. The highest BCUT2D eigenvalue weighted by atomic mass is 79.9. The van der Waals surface area contributed by atoms with Crippen molar-refractivity contribution in [2.24, 2.45) is 0 Å². The zero-order valence-electron chi connectivity index (χ0n) is 6.94. The largest absolute Gasteiger partial charge is 0.290 e.